The Morgan fingerprint density at radius 3 is 2.06 bits per heavy atom. The second-order valence-corrected chi connectivity index (χ2v) is 7.17. The van der Waals surface area contributed by atoms with E-state index in [1.807, 2.05) is 34.6 Å². The quantitative estimate of drug-likeness (QED) is 0.802. The van der Waals surface area contributed by atoms with Crippen LogP contribution < -0.4 is 10.4 Å². The lowest BCUT2D eigenvalue weighted by atomic mass is 9.65. The largest absolute Gasteiger partial charge is 0.550 e. The van der Waals surface area contributed by atoms with Gasteiger partial charge in [0.05, 0.1) is 0 Å². The van der Waals surface area contributed by atoms with Crippen molar-refractivity contribution in [2.24, 2.45) is 16.7 Å². The molecule has 1 aliphatic carbocycles. The van der Waals surface area contributed by atoms with E-state index in [4.69, 9.17) is 0 Å². The van der Waals surface area contributed by atoms with Gasteiger partial charge in [0.1, 0.15) is 0 Å². The number of carbonyl (C=O) groups excluding carboxylic acids is 2. The van der Waals surface area contributed by atoms with Crippen LogP contribution >= 0.6 is 0 Å². The lowest BCUT2D eigenvalue weighted by Gasteiger charge is -2.42. The second kappa shape index (κ2) is 4.25. The van der Waals surface area contributed by atoms with Crippen molar-refractivity contribution in [3.05, 3.63) is 0 Å². The summed E-state index contributed by atoms with van der Waals surface area (Å²) in [6.07, 6.45) is 1.09. The topological polar surface area (TPSA) is 69.2 Å². The summed E-state index contributed by atoms with van der Waals surface area (Å²) >= 11 is 0. The van der Waals surface area contributed by atoms with Crippen LogP contribution in [0, 0.1) is 16.7 Å². The number of amides is 1. The maximum Gasteiger partial charge on any atom is 0.224 e. The van der Waals surface area contributed by atoms with Gasteiger partial charge in [-0.15, -0.1) is 0 Å². The summed E-state index contributed by atoms with van der Waals surface area (Å²) in [4.78, 5) is 23.6. The second-order valence-electron chi connectivity index (χ2n) is 7.17. The van der Waals surface area contributed by atoms with Gasteiger partial charge in [-0.2, -0.15) is 0 Å². The molecule has 0 radical (unpaired) electrons. The van der Waals surface area contributed by atoms with Crippen molar-refractivity contribution < 1.29 is 14.7 Å². The number of carbonyl (C=O) groups is 2. The zero-order valence-corrected chi connectivity index (χ0v) is 12.2. The van der Waals surface area contributed by atoms with Gasteiger partial charge in [0, 0.05) is 22.8 Å². The fourth-order valence-corrected chi connectivity index (χ4v) is 2.78. The van der Waals surface area contributed by atoms with Crippen molar-refractivity contribution in [1.29, 1.82) is 0 Å². The molecular formula is C14H24NO3-. The van der Waals surface area contributed by atoms with Crippen LogP contribution in [0.15, 0.2) is 0 Å². The predicted molar refractivity (Wildman–Crippen MR) is 67.5 cm³/mol. The van der Waals surface area contributed by atoms with Gasteiger partial charge < -0.3 is 15.2 Å². The highest BCUT2D eigenvalue weighted by Crippen LogP contribution is 2.55. The molecule has 0 bridgehead atoms. The average molecular weight is 254 g/mol. The molecule has 0 aromatic carbocycles. The first-order chi connectivity index (χ1) is 7.92. The predicted octanol–water partition coefficient (Wildman–Crippen LogP) is 1.09. The van der Waals surface area contributed by atoms with Crippen molar-refractivity contribution in [2.45, 2.75) is 59.9 Å². The molecule has 1 saturated carbocycles. The summed E-state index contributed by atoms with van der Waals surface area (Å²) in [6, 6.07) is 0. The zero-order chi connectivity index (χ0) is 14.4. The van der Waals surface area contributed by atoms with Gasteiger partial charge in [-0.05, 0) is 39.0 Å². The number of rotatable bonds is 2. The minimum Gasteiger partial charge on any atom is -0.550 e. The van der Waals surface area contributed by atoms with Gasteiger partial charge in [0.15, 0.2) is 0 Å². The van der Waals surface area contributed by atoms with Crippen molar-refractivity contribution in [3.8, 4) is 0 Å². The molecule has 0 aromatic rings. The molecule has 0 heterocycles. The Hall–Kier alpha value is -1.06. The molecule has 0 unspecified atom stereocenters. The van der Waals surface area contributed by atoms with E-state index >= 15 is 0 Å². The van der Waals surface area contributed by atoms with E-state index in [1.54, 1.807) is 6.92 Å². The molecule has 1 rings (SSSR count). The van der Waals surface area contributed by atoms with Crippen molar-refractivity contribution in [1.82, 2.24) is 5.32 Å². The van der Waals surface area contributed by atoms with Gasteiger partial charge in [-0.25, -0.2) is 0 Å². The third-order valence-corrected chi connectivity index (χ3v) is 4.49. The standard InChI is InChI=1S/C14H25NO3/c1-12(2,3)15-10(16)9-7-8-14(6,11(17)18)13(9,4)5/h9H,7-8H2,1-6H3,(H,15,16)(H,17,18)/p-1/t9-,14-/m0/s1. The zero-order valence-electron chi connectivity index (χ0n) is 12.2. The van der Waals surface area contributed by atoms with E-state index in [9.17, 15) is 14.7 Å². The number of carboxylic acid groups (broad SMARTS) is 1. The van der Waals surface area contributed by atoms with E-state index in [-0.39, 0.29) is 17.4 Å². The molecule has 1 N–H and O–H groups in total. The molecule has 18 heavy (non-hydrogen) atoms. The Morgan fingerprint density at radius 2 is 1.72 bits per heavy atom. The van der Waals surface area contributed by atoms with Gasteiger partial charge in [-0.3, -0.25) is 4.79 Å². The van der Waals surface area contributed by atoms with Crippen LogP contribution in [-0.2, 0) is 9.59 Å². The van der Waals surface area contributed by atoms with Gasteiger partial charge in [-0.1, -0.05) is 20.8 Å². The van der Waals surface area contributed by atoms with Crippen molar-refractivity contribution in [2.75, 3.05) is 0 Å². The molecule has 2 atom stereocenters. The highest BCUT2D eigenvalue weighted by atomic mass is 16.4. The molecule has 1 amide bonds. The van der Waals surface area contributed by atoms with Crippen LogP contribution in [0.3, 0.4) is 0 Å². The Labute approximate surface area is 109 Å². The average Bonchev–Trinajstić information content (AvgIpc) is 2.36. The van der Waals surface area contributed by atoms with Crippen molar-refractivity contribution >= 4 is 11.9 Å². The molecule has 4 heteroatoms. The maximum atomic E-state index is 12.3. The molecular weight excluding hydrogens is 230 g/mol. The van der Waals surface area contributed by atoms with E-state index in [0.29, 0.717) is 12.8 Å². The first kappa shape index (κ1) is 15.0. The fraction of sp³-hybridized carbons (Fsp3) is 0.857. The first-order valence-corrected chi connectivity index (χ1v) is 6.45. The molecule has 0 aromatic heterocycles. The summed E-state index contributed by atoms with van der Waals surface area (Å²) < 4.78 is 0. The third kappa shape index (κ3) is 2.38. The number of carboxylic acids is 1. The molecule has 1 aliphatic rings. The van der Waals surface area contributed by atoms with E-state index in [2.05, 4.69) is 5.32 Å². The van der Waals surface area contributed by atoms with Crippen LogP contribution in [0.25, 0.3) is 0 Å². The summed E-state index contributed by atoms with van der Waals surface area (Å²) in [6.45, 7) is 11.2. The normalized spacial score (nSPS) is 31.1. The monoisotopic (exact) mass is 254 g/mol. The number of hydrogen-bond acceptors (Lipinski definition) is 3. The minimum absolute atomic E-state index is 0.0579. The maximum absolute atomic E-state index is 12.3. The van der Waals surface area contributed by atoms with Crippen LogP contribution in [0.1, 0.15) is 54.4 Å². The lowest BCUT2D eigenvalue weighted by molar-refractivity contribution is -0.323. The molecule has 4 nitrogen and oxygen atoms in total. The van der Waals surface area contributed by atoms with E-state index in [0.717, 1.165) is 0 Å². The highest BCUT2D eigenvalue weighted by molar-refractivity contribution is 5.83. The third-order valence-electron chi connectivity index (χ3n) is 4.49. The number of aliphatic carboxylic acids is 1. The van der Waals surface area contributed by atoms with E-state index in [1.165, 1.54) is 0 Å². The van der Waals surface area contributed by atoms with Crippen LogP contribution in [0.5, 0.6) is 0 Å². The van der Waals surface area contributed by atoms with Crippen LogP contribution in [0.2, 0.25) is 0 Å². The Morgan fingerprint density at radius 1 is 1.22 bits per heavy atom. The minimum atomic E-state index is -1.06. The molecule has 0 aliphatic heterocycles. The number of hydrogen-bond donors (Lipinski definition) is 1. The summed E-state index contributed by atoms with van der Waals surface area (Å²) in [5, 5.41) is 14.3. The van der Waals surface area contributed by atoms with E-state index < -0.39 is 16.8 Å². The molecule has 104 valence electrons. The summed E-state index contributed by atoms with van der Waals surface area (Å²) in [5.74, 6) is -1.39. The fourth-order valence-electron chi connectivity index (χ4n) is 2.78. The van der Waals surface area contributed by atoms with Gasteiger partial charge in [0.25, 0.3) is 0 Å². The first-order valence-electron chi connectivity index (χ1n) is 6.45. The Bertz CT molecular complexity index is 368. The van der Waals surface area contributed by atoms with Crippen molar-refractivity contribution in [3.63, 3.8) is 0 Å². The summed E-state index contributed by atoms with van der Waals surface area (Å²) in [7, 11) is 0. The molecule has 0 saturated heterocycles. The van der Waals surface area contributed by atoms with Crippen LogP contribution in [0.4, 0.5) is 0 Å². The molecule has 0 spiro atoms. The summed E-state index contributed by atoms with van der Waals surface area (Å²) in [5.41, 5.74) is -1.83. The molecule has 1 fully saturated rings. The highest BCUT2D eigenvalue weighted by Gasteiger charge is 2.55. The Balaban J connectivity index is 2.95. The number of nitrogens with one attached hydrogen (secondary N) is 1. The van der Waals surface area contributed by atoms with Gasteiger partial charge >= 0.3 is 0 Å². The smallest absolute Gasteiger partial charge is 0.224 e. The lowest BCUT2D eigenvalue weighted by Crippen LogP contribution is -2.52. The van der Waals surface area contributed by atoms with Crippen LogP contribution in [-0.4, -0.2) is 17.4 Å². The Kier molecular flexibility index (Phi) is 3.54. The SMILES string of the molecule is CC(C)(C)NC(=O)[C@@H]1CC[C@@](C)(C(=O)[O-])C1(C)C. The van der Waals surface area contributed by atoms with Gasteiger partial charge in [0.2, 0.25) is 5.91 Å².